The summed E-state index contributed by atoms with van der Waals surface area (Å²) in [5.74, 6) is 5.33. The van der Waals surface area contributed by atoms with Gasteiger partial charge in [0.05, 0.1) is 6.04 Å². The fourth-order valence-electron chi connectivity index (χ4n) is 2.35. The van der Waals surface area contributed by atoms with Crippen molar-refractivity contribution in [2.24, 2.45) is 23.5 Å². The molecule has 2 fully saturated rings. The molecule has 0 aromatic heterocycles. The molecule has 0 radical (unpaired) electrons. The summed E-state index contributed by atoms with van der Waals surface area (Å²) in [5, 5.41) is 0. The van der Waals surface area contributed by atoms with Crippen molar-refractivity contribution in [2.75, 3.05) is 0 Å². The molecule has 4 atom stereocenters. The van der Waals surface area contributed by atoms with Gasteiger partial charge in [0.25, 0.3) is 0 Å². The highest BCUT2D eigenvalue weighted by Crippen LogP contribution is 2.51. The van der Waals surface area contributed by atoms with E-state index in [0.29, 0.717) is 5.92 Å². The summed E-state index contributed by atoms with van der Waals surface area (Å²) in [5.41, 5.74) is 5.79. The second-order valence-electron chi connectivity index (χ2n) is 4.02. The molecule has 4 unspecified atom stereocenters. The molecule has 2 rings (SSSR count). The van der Waals surface area contributed by atoms with Gasteiger partial charge in [0.15, 0.2) is 0 Å². The van der Waals surface area contributed by atoms with Crippen LogP contribution in [-0.4, -0.2) is 6.04 Å². The van der Waals surface area contributed by atoms with Crippen LogP contribution in [0.15, 0.2) is 0 Å². The maximum atomic E-state index is 5.79. The van der Waals surface area contributed by atoms with E-state index in [1.165, 1.54) is 25.7 Å². The van der Waals surface area contributed by atoms with E-state index in [2.05, 4.69) is 5.92 Å². The zero-order chi connectivity index (χ0) is 7.84. The van der Waals surface area contributed by atoms with Crippen LogP contribution in [0.1, 0.15) is 25.7 Å². The number of fused-ring (bicyclic) bond motifs is 1. The molecule has 2 N–H and O–H groups in total. The van der Waals surface area contributed by atoms with E-state index in [1.807, 2.05) is 0 Å². The SMILES string of the molecule is C#CC(N)C1CCC2CC2C1. The average Bonchev–Trinajstić information content (AvgIpc) is 2.80. The minimum atomic E-state index is 0.0246. The van der Waals surface area contributed by atoms with E-state index >= 15 is 0 Å². The first-order valence-electron chi connectivity index (χ1n) is 4.53. The molecule has 0 saturated heterocycles. The van der Waals surface area contributed by atoms with Crippen molar-refractivity contribution >= 4 is 0 Å². The molecule has 0 bridgehead atoms. The average molecular weight is 149 g/mol. The largest absolute Gasteiger partial charge is 0.317 e. The summed E-state index contributed by atoms with van der Waals surface area (Å²) in [7, 11) is 0. The third-order valence-corrected chi connectivity index (χ3v) is 3.28. The van der Waals surface area contributed by atoms with Crippen molar-refractivity contribution in [1.82, 2.24) is 0 Å². The second-order valence-corrected chi connectivity index (χ2v) is 4.02. The molecule has 11 heavy (non-hydrogen) atoms. The Labute approximate surface area is 68.4 Å². The minimum Gasteiger partial charge on any atom is -0.317 e. The van der Waals surface area contributed by atoms with Gasteiger partial charge in [-0.1, -0.05) is 5.92 Å². The fraction of sp³-hybridized carbons (Fsp3) is 0.800. The summed E-state index contributed by atoms with van der Waals surface area (Å²) in [6.07, 6.45) is 10.7. The van der Waals surface area contributed by atoms with Crippen molar-refractivity contribution in [3.05, 3.63) is 0 Å². The second kappa shape index (κ2) is 2.53. The summed E-state index contributed by atoms with van der Waals surface area (Å²) < 4.78 is 0. The molecule has 0 heterocycles. The molecule has 1 heteroatoms. The van der Waals surface area contributed by atoms with Gasteiger partial charge in [-0.2, -0.15) is 0 Å². The highest BCUT2D eigenvalue weighted by Gasteiger charge is 2.42. The summed E-state index contributed by atoms with van der Waals surface area (Å²) in [6, 6.07) is 0.0246. The molecule has 0 aromatic rings. The van der Waals surface area contributed by atoms with Crippen LogP contribution in [0, 0.1) is 30.1 Å². The number of hydrogen-bond donors (Lipinski definition) is 1. The monoisotopic (exact) mass is 149 g/mol. The molecule has 2 aliphatic rings. The van der Waals surface area contributed by atoms with Crippen LogP contribution in [0.2, 0.25) is 0 Å². The molecule has 0 aliphatic heterocycles. The Kier molecular flexibility index (Phi) is 1.65. The Bertz CT molecular complexity index is 192. The van der Waals surface area contributed by atoms with Crippen LogP contribution in [-0.2, 0) is 0 Å². The van der Waals surface area contributed by atoms with Crippen molar-refractivity contribution < 1.29 is 0 Å². The van der Waals surface area contributed by atoms with Crippen molar-refractivity contribution in [3.8, 4) is 12.3 Å². The lowest BCUT2D eigenvalue weighted by Gasteiger charge is -2.23. The Morgan fingerprint density at radius 1 is 1.27 bits per heavy atom. The minimum absolute atomic E-state index is 0.0246. The number of rotatable bonds is 1. The first-order valence-corrected chi connectivity index (χ1v) is 4.53. The van der Waals surface area contributed by atoms with Gasteiger partial charge in [-0.25, -0.2) is 0 Å². The van der Waals surface area contributed by atoms with Gasteiger partial charge < -0.3 is 5.73 Å². The van der Waals surface area contributed by atoms with Gasteiger partial charge in [0.2, 0.25) is 0 Å². The van der Waals surface area contributed by atoms with E-state index in [9.17, 15) is 0 Å². The molecular formula is C10H15N. The van der Waals surface area contributed by atoms with Gasteiger partial charge in [-0.15, -0.1) is 6.42 Å². The van der Waals surface area contributed by atoms with Crippen molar-refractivity contribution in [3.63, 3.8) is 0 Å². The lowest BCUT2D eigenvalue weighted by molar-refractivity contribution is 0.323. The third kappa shape index (κ3) is 1.28. The van der Waals surface area contributed by atoms with E-state index in [1.54, 1.807) is 0 Å². The number of terminal acetylenes is 1. The summed E-state index contributed by atoms with van der Waals surface area (Å²) >= 11 is 0. The summed E-state index contributed by atoms with van der Waals surface area (Å²) in [6.45, 7) is 0. The maximum Gasteiger partial charge on any atom is 0.0690 e. The molecule has 2 aliphatic carbocycles. The van der Waals surface area contributed by atoms with Crippen molar-refractivity contribution in [2.45, 2.75) is 31.7 Å². The smallest absolute Gasteiger partial charge is 0.0690 e. The van der Waals surface area contributed by atoms with Crippen LogP contribution >= 0.6 is 0 Å². The Morgan fingerprint density at radius 3 is 2.73 bits per heavy atom. The predicted octanol–water partition coefficient (Wildman–Crippen LogP) is 1.38. The van der Waals surface area contributed by atoms with E-state index in [-0.39, 0.29) is 6.04 Å². The van der Waals surface area contributed by atoms with Crippen LogP contribution in [0.4, 0.5) is 0 Å². The molecular weight excluding hydrogens is 134 g/mol. The normalized spacial score (nSPS) is 43.8. The molecule has 60 valence electrons. The molecule has 0 aromatic carbocycles. The highest BCUT2D eigenvalue weighted by atomic mass is 14.7. The van der Waals surface area contributed by atoms with Crippen LogP contribution in [0.25, 0.3) is 0 Å². The standard InChI is InChI=1S/C10H15N/c1-2-10(11)8-4-3-7-5-9(7)6-8/h1,7-10H,3-6,11H2. The first kappa shape index (κ1) is 7.18. The molecule has 0 spiro atoms. The van der Waals surface area contributed by atoms with Gasteiger partial charge in [0.1, 0.15) is 0 Å². The predicted molar refractivity (Wildman–Crippen MR) is 45.7 cm³/mol. The molecule has 0 amide bonds. The Hall–Kier alpha value is -0.480. The van der Waals surface area contributed by atoms with Crippen LogP contribution in [0.5, 0.6) is 0 Å². The molecule has 1 nitrogen and oxygen atoms in total. The number of hydrogen-bond acceptors (Lipinski definition) is 1. The number of nitrogens with two attached hydrogens (primary N) is 1. The lowest BCUT2D eigenvalue weighted by atomic mass is 9.84. The van der Waals surface area contributed by atoms with Crippen molar-refractivity contribution in [1.29, 1.82) is 0 Å². The van der Waals surface area contributed by atoms with Gasteiger partial charge in [-0.05, 0) is 43.4 Å². The van der Waals surface area contributed by atoms with Crippen LogP contribution < -0.4 is 5.73 Å². The van der Waals surface area contributed by atoms with E-state index in [4.69, 9.17) is 12.2 Å². The first-order chi connectivity index (χ1) is 5.31. The fourth-order valence-corrected chi connectivity index (χ4v) is 2.35. The summed E-state index contributed by atoms with van der Waals surface area (Å²) in [4.78, 5) is 0. The molecule has 2 saturated carbocycles. The van der Waals surface area contributed by atoms with Gasteiger partial charge >= 0.3 is 0 Å². The Morgan fingerprint density at radius 2 is 2.09 bits per heavy atom. The van der Waals surface area contributed by atoms with Gasteiger partial charge in [0, 0.05) is 0 Å². The Balaban J connectivity index is 1.90. The quantitative estimate of drug-likeness (QED) is 0.560. The third-order valence-electron chi connectivity index (χ3n) is 3.28. The zero-order valence-corrected chi connectivity index (χ0v) is 6.79. The van der Waals surface area contributed by atoms with Crippen LogP contribution in [0.3, 0.4) is 0 Å². The topological polar surface area (TPSA) is 26.0 Å². The van der Waals surface area contributed by atoms with E-state index < -0.39 is 0 Å². The van der Waals surface area contributed by atoms with Gasteiger partial charge in [-0.3, -0.25) is 0 Å². The zero-order valence-electron chi connectivity index (χ0n) is 6.79. The highest BCUT2D eigenvalue weighted by molar-refractivity contribution is 5.04. The maximum absolute atomic E-state index is 5.79. The lowest BCUT2D eigenvalue weighted by Crippen LogP contribution is -2.30. The van der Waals surface area contributed by atoms with E-state index in [0.717, 1.165) is 11.8 Å².